The van der Waals surface area contributed by atoms with Crippen LogP contribution >= 0.6 is 0 Å². The molecule has 0 saturated heterocycles. The second-order valence-corrected chi connectivity index (χ2v) is 7.27. The van der Waals surface area contributed by atoms with Crippen LogP contribution in [0.15, 0.2) is 12.1 Å². The van der Waals surface area contributed by atoms with Gasteiger partial charge in [0.1, 0.15) is 5.75 Å². The van der Waals surface area contributed by atoms with E-state index in [-0.39, 0.29) is 10.8 Å². The van der Waals surface area contributed by atoms with Crippen molar-refractivity contribution in [3.63, 3.8) is 0 Å². The minimum atomic E-state index is 0.0890. The van der Waals surface area contributed by atoms with Crippen molar-refractivity contribution in [2.24, 2.45) is 5.41 Å². The third-order valence-corrected chi connectivity index (χ3v) is 4.77. The first-order valence-corrected chi connectivity index (χ1v) is 7.44. The molecule has 0 atom stereocenters. The largest absolute Gasteiger partial charge is 0.508 e. The fourth-order valence-electron chi connectivity index (χ4n) is 2.38. The molecule has 1 nitrogen and oxygen atoms in total. The van der Waals surface area contributed by atoms with E-state index in [0.29, 0.717) is 5.75 Å². The fraction of sp³-hybridized carbons (Fsp3) is 0.667. The molecule has 1 N–H and O–H groups in total. The van der Waals surface area contributed by atoms with Crippen molar-refractivity contribution in [1.82, 2.24) is 0 Å². The summed E-state index contributed by atoms with van der Waals surface area (Å²) in [6, 6.07) is 4.17. The lowest BCUT2D eigenvalue weighted by Crippen LogP contribution is -2.34. The van der Waals surface area contributed by atoms with Crippen LogP contribution in [0.25, 0.3) is 0 Å². The number of rotatable bonds is 4. The third-order valence-electron chi connectivity index (χ3n) is 4.77. The molecule has 0 fully saturated rings. The van der Waals surface area contributed by atoms with Crippen LogP contribution in [0.1, 0.15) is 71.1 Å². The van der Waals surface area contributed by atoms with Gasteiger partial charge in [-0.25, -0.2) is 0 Å². The molecule has 0 unspecified atom stereocenters. The van der Waals surface area contributed by atoms with Gasteiger partial charge in [0.05, 0.1) is 0 Å². The molecule has 1 aromatic carbocycles. The minimum absolute atomic E-state index is 0.0890. The summed E-state index contributed by atoms with van der Waals surface area (Å²) in [7, 11) is 0. The first-order chi connectivity index (χ1) is 8.61. The highest BCUT2D eigenvalue weighted by atomic mass is 16.3. The molecule has 1 heteroatoms. The van der Waals surface area contributed by atoms with E-state index in [2.05, 4.69) is 54.5 Å². The maximum Gasteiger partial charge on any atom is 0.119 e. The highest BCUT2D eigenvalue weighted by Gasteiger charge is 2.35. The highest BCUT2D eigenvalue weighted by Crippen LogP contribution is 2.43. The van der Waals surface area contributed by atoms with E-state index in [1.165, 1.54) is 11.1 Å². The SMILES string of the molecule is CCCCc1cc(C(C)(C)C(C)(C)C)c(C)cc1O. The minimum Gasteiger partial charge on any atom is -0.508 e. The molecule has 0 aliphatic carbocycles. The van der Waals surface area contributed by atoms with Gasteiger partial charge in [0, 0.05) is 0 Å². The second-order valence-electron chi connectivity index (χ2n) is 7.27. The lowest BCUT2D eigenvalue weighted by Gasteiger charge is -2.40. The van der Waals surface area contributed by atoms with E-state index < -0.39 is 0 Å². The monoisotopic (exact) mass is 262 g/mol. The number of aryl methyl sites for hydroxylation is 2. The molecule has 0 spiro atoms. The van der Waals surface area contributed by atoms with Crippen LogP contribution in [0.2, 0.25) is 0 Å². The average Bonchev–Trinajstić information content (AvgIpc) is 2.26. The summed E-state index contributed by atoms with van der Waals surface area (Å²) in [6.07, 6.45) is 3.26. The van der Waals surface area contributed by atoms with Gasteiger partial charge in [0.2, 0.25) is 0 Å². The number of benzene rings is 1. The summed E-state index contributed by atoms with van der Waals surface area (Å²) in [4.78, 5) is 0. The maximum absolute atomic E-state index is 10.1. The van der Waals surface area contributed by atoms with Crippen LogP contribution in [0.4, 0.5) is 0 Å². The topological polar surface area (TPSA) is 20.2 Å². The lowest BCUT2D eigenvalue weighted by atomic mass is 9.64. The van der Waals surface area contributed by atoms with Gasteiger partial charge in [-0.3, -0.25) is 0 Å². The number of hydrogen-bond acceptors (Lipinski definition) is 1. The van der Waals surface area contributed by atoms with Crippen molar-refractivity contribution in [3.05, 3.63) is 28.8 Å². The van der Waals surface area contributed by atoms with Gasteiger partial charge in [-0.1, -0.05) is 54.0 Å². The van der Waals surface area contributed by atoms with E-state index in [0.717, 1.165) is 24.8 Å². The maximum atomic E-state index is 10.1. The second kappa shape index (κ2) is 5.56. The molecule has 108 valence electrons. The van der Waals surface area contributed by atoms with E-state index >= 15 is 0 Å². The van der Waals surface area contributed by atoms with Gasteiger partial charge in [-0.15, -0.1) is 0 Å². The van der Waals surface area contributed by atoms with Crippen LogP contribution in [0.5, 0.6) is 5.75 Å². The Labute approximate surface area is 119 Å². The Bertz CT molecular complexity index is 436. The summed E-state index contributed by atoms with van der Waals surface area (Å²) in [5.74, 6) is 0.458. The molecule has 0 aliphatic heterocycles. The van der Waals surface area contributed by atoms with Crippen molar-refractivity contribution in [3.8, 4) is 5.75 Å². The molecular weight excluding hydrogens is 232 g/mol. The molecule has 1 rings (SSSR count). The van der Waals surface area contributed by atoms with E-state index in [1.54, 1.807) is 0 Å². The molecule has 0 bridgehead atoms. The van der Waals surface area contributed by atoms with Crippen molar-refractivity contribution in [1.29, 1.82) is 0 Å². The van der Waals surface area contributed by atoms with Crippen LogP contribution in [-0.2, 0) is 11.8 Å². The zero-order valence-electron chi connectivity index (χ0n) is 13.7. The molecular formula is C18H30O. The molecule has 1 aromatic rings. The molecule has 0 aromatic heterocycles. The standard InChI is InChI=1S/C18H30O/c1-8-9-10-14-12-15(13(2)11-16(14)19)18(6,7)17(3,4)5/h11-12,19H,8-10H2,1-7H3. The summed E-state index contributed by atoms with van der Waals surface area (Å²) in [6.45, 7) is 15.7. The fourth-order valence-corrected chi connectivity index (χ4v) is 2.38. The predicted molar refractivity (Wildman–Crippen MR) is 83.9 cm³/mol. The van der Waals surface area contributed by atoms with E-state index in [9.17, 15) is 5.11 Å². The van der Waals surface area contributed by atoms with Crippen molar-refractivity contribution in [2.45, 2.75) is 73.1 Å². The summed E-state index contributed by atoms with van der Waals surface area (Å²) < 4.78 is 0. The predicted octanol–water partition coefficient (Wildman–Crippen LogP) is 5.37. The number of phenols is 1. The van der Waals surface area contributed by atoms with Gasteiger partial charge in [0.25, 0.3) is 0 Å². The van der Waals surface area contributed by atoms with Gasteiger partial charge in [0.15, 0.2) is 0 Å². The van der Waals surface area contributed by atoms with Crippen molar-refractivity contribution < 1.29 is 5.11 Å². The Balaban J connectivity index is 3.28. The molecule has 19 heavy (non-hydrogen) atoms. The Morgan fingerprint density at radius 2 is 1.63 bits per heavy atom. The van der Waals surface area contributed by atoms with Crippen LogP contribution in [0.3, 0.4) is 0 Å². The smallest absolute Gasteiger partial charge is 0.119 e. The molecule has 0 saturated carbocycles. The van der Waals surface area contributed by atoms with Crippen molar-refractivity contribution >= 4 is 0 Å². The highest BCUT2D eigenvalue weighted by molar-refractivity contribution is 5.45. The number of phenolic OH excluding ortho intramolecular Hbond substituents is 1. The zero-order valence-corrected chi connectivity index (χ0v) is 13.7. The normalized spacial score (nSPS) is 12.8. The van der Waals surface area contributed by atoms with E-state index in [4.69, 9.17) is 0 Å². The van der Waals surface area contributed by atoms with Gasteiger partial charge >= 0.3 is 0 Å². The van der Waals surface area contributed by atoms with Gasteiger partial charge in [-0.2, -0.15) is 0 Å². The van der Waals surface area contributed by atoms with Crippen molar-refractivity contribution in [2.75, 3.05) is 0 Å². The Hall–Kier alpha value is -0.980. The van der Waals surface area contributed by atoms with Gasteiger partial charge < -0.3 is 5.11 Å². The lowest BCUT2D eigenvalue weighted by molar-refractivity contribution is 0.224. The Kier molecular flexibility index (Phi) is 4.71. The number of hydrogen-bond donors (Lipinski definition) is 1. The Morgan fingerprint density at radius 1 is 1.05 bits per heavy atom. The summed E-state index contributed by atoms with van der Waals surface area (Å²) >= 11 is 0. The summed E-state index contributed by atoms with van der Waals surface area (Å²) in [5.41, 5.74) is 3.93. The molecule has 0 aliphatic rings. The third kappa shape index (κ3) is 3.32. The van der Waals surface area contributed by atoms with Crippen LogP contribution < -0.4 is 0 Å². The first kappa shape index (κ1) is 16.1. The molecule has 0 heterocycles. The molecule has 0 amide bonds. The first-order valence-electron chi connectivity index (χ1n) is 7.44. The number of aromatic hydroxyl groups is 1. The number of unbranched alkanes of at least 4 members (excludes halogenated alkanes) is 1. The Morgan fingerprint density at radius 3 is 2.11 bits per heavy atom. The van der Waals surface area contributed by atoms with E-state index in [1.807, 2.05) is 6.07 Å². The van der Waals surface area contributed by atoms with Crippen LogP contribution in [-0.4, -0.2) is 5.11 Å². The molecule has 0 radical (unpaired) electrons. The zero-order chi connectivity index (χ0) is 14.8. The quantitative estimate of drug-likeness (QED) is 0.773. The summed E-state index contributed by atoms with van der Waals surface area (Å²) in [5, 5.41) is 10.1. The average molecular weight is 262 g/mol. The van der Waals surface area contributed by atoms with Crippen LogP contribution in [0, 0.1) is 12.3 Å². The van der Waals surface area contributed by atoms with Gasteiger partial charge in [-0.05, 0) is 53.4 Å².